The number of alkyl carbamates (subject to hydrolysis) is 1. The molecular formula is C32H29F3N6O7. The summed E-state index contributed by atoms with van der Waals surface area (Å²) in [5.41, 5.74) is 4.46. The lowest BCUT2D eigenvalue weighted by Crippen LogP contribution is -2.45. The van der Waals surface area contributed by atoms with Crippen LogP contribution in [0.1, 0.15) is 16.7 Å². The van der Waals surface area contributed by atoms with Gasteiger partial charge in [-0.3, -0.25) is 4.57 Å². The smallest absolute Gasteiger partial charge is 0.480 e. The Bertz CT molecular complexity index is 1930. The highest BCUT2D eigenvalue weighted by Crippen LogP contribution is 2.22. The van der Waals surface area contributed by atoms with Crippen molar-refractivity contribution in [3.05, 3.63) is 112 Å². The van der Waals surface area contributed by atoms with Gasteiger partial charge in [-0.05, 0) is 36.2 Å². The van der Waals surface area contributed by atoms with Crippen molar-refractivity contribution in [2.24, 2.45) is 0 Å². The number of aliphatic carboxylic acids is 2. The van der Waals surface area contributed by atoms with Gasteiger partial charge in [-0.15, -0.1) is 0 Å². The van der Waals surface area contributed by atoms with Crippen LogP contribution in [0.4, 0.5) is 23.8 Å². The minimum Gasteiger partial charge on any atom is -0.480 e. The number of nitrogens with one attached hydrogen (secondary N) is 3. The third-order valence-electron chi connectivity index (χ3n) is 6.65. The fraction of sp³-hybridized carbons (Fsp3) is 0.188. The van der Waals surface area contributed by atoms with Crippen molar-refractivity contribution in [1.82, 2.24) is 24.8 Å². The number of fused-ring (bicyclic) bond motifs is 1. The Hall–Kier alpha value is -6.19. The van der Waals surface area contributed by atoms with Crippen LogP contribution < -0.4 is 16.3 Å². The maximum Gasteiger partial charge on any atom is 0.490 e. The van der Waals surface area contributed by atoms with Crippen LogP contribution in [0.2, 0.25) is 0 Å². The van der Waals surface area contributed by atoms with E-state index in [1.807, 2.05) is 54.6 Å². The molecule has 48 heavy (non-hydrogen) atoms. The number of carboxylic acid groups (broad SMARTS) is 2. The number of nitrogens with zero attached hydrogens (tertiary/aromatic N) is 3. The van der Waals surface area contributed by atoms with Crippen molar-refractivity contribution in [1.29, 1.82) is 0 Å². The largest absolute Gasteiger partial charge is 0.490 e. The van der Waals surface area contributed by atoms with Crippen LogP contribution in [-0.4, -0.2) is 60.0 Å². The van der Waals surface area contributed by atoms with E-state index in [9.17, 15) is 32.7 Å². The number of alkyl halides is 3. The molecule has 5 aromatic rings. The van der Waals surface area contributed by atoms with E-state index < -0.39 is 35.9 Å². The number of benzene rings is 3. The Morgan fingerprint density at radius 3 is 2.29 bits per heavy atom. The summed E-state index contributed by atoms with van der Waals surface area (Å²) in [5, 5.41) is 22.2. The lowest BCUT2D eigenvalue weighted by Gasteiger charge is -2.17. The molecule has 2 heterocycles. The van der Waals surface area contributed by atoms with Gasteiger partial charge in [-0.25, -0.2) is 24.2 Å². The number of rotatable bonds is 10. The molecule has 1 amide bonds. The lowest BCUT2D eigenvalue weighted by atomic mass is 10.1. The average Bonchev–Trinajstić information content (AvgIpc) is 3.49. The summed E-state index contributed by atoms with van der Waals surface area (Å²) in [5.74, 6) is -2.93. The predicted octanol–water partition coefficient (Wildman–Crippen LogP) is 4.72. The Morgan fingerprint density at radius 2 is 1.62 bits per heavy atom. The van der Waals surface area contributed by atoms with Crippen LogP contribution in [0, 0.1) is 6.92 Å². The molecule has 5 N–H and O–H groups in total. The van der Waals surface area contributed by atoms with E-state index in [0.29, 0.717) is 17.9 Å². The van der Waals surface area contributed by atoms with Gasteiger partial charge in [0.2, 0.25) is 0 Å². The number of halogens is 3. The summed E-state index contributed by atoms with van der Waals surface area (Å²) in [4.78, 5) is 57.7. The first-order valence-electron chi connectivity index (χ1n) is 14.2. The standard InChI is InChI=1S/C30H28N6O5.C2HF3O2/c1-19-16-36(17-25(28(37)38)34-30(40)41-18-20-8-3-2-4-9-20)29(39)35-26(19)31-15-21-10-7-11-22(14-21)27-32-23-12-5-6-13-24(23)33-27;3-2(4,5)1(6)7/h2-14,16,25H,15,17-18H2,1H3,(H,32,33)(H,34,40)(H,37,38)(H,31,35,39);(H,6,7)/t25-;/m0./s1. The van der Waals surface area contributed by atoms with E-state index in [-0.39, 0.29) is 13.2 Å². The minimum absolute atomic E-state index is 0.0127. The number of hydrogen-bond acceptors (Lipinski definition) is 8. The van der Waals surface area contributed by atoms with Crippen molar-refractivity contribution in [3.8, 4) is 11.4 Å². The van der Waals surface area contributed by atoms with E-state index >= 15 is 0 Å². The molecule has 16 heteroatoms. The number of para-hydroxylation sites is 2. The van der Waals surface area contributed by atoms with Crippen LogP contribution in [0.25, 0.3) is 22.4 Å². The van der Waals surface area contributed by atoms with Crippen LogP contribution in [0.15, 0.2) is 89.9 Å². The molecule has 2 aromatic heterocycles. The number of anilines is 1. The lowest BCUT2D eigenvalue weighted by molar-refractivity contribution is -0.192. The fourth-order valence-corrected chi connectivity index (χ4v) is 4.30. The first kappa shape index (κ1) is 34.7. The number of aryl methyl sites for hydroxylation is 1. The summed E-state index contributed by atoms with van der Waals surface area (Å²) in [6.07, 6.45) is -4.47. The van der Waals surface area contributed by atoms with Crippen molar-refractivity contribution < 1.29 is 42.5 Å². The van der Waals surface area contributed by atoms with Crippen LogP contribution in [-0.2, 0) is 34.0 Å². The maximum atomic E-state index is 12.7. The number of carboxylic acids is 2. The zero-order valence-corrected chi connectivity index (χ0v) is 25.2. The number of H-pyrrole nitrogens is 1. The summed E-state index contributed by atoms with van der Waals surface area (Å²) < 4.78 is 38.0. The van der Waals surface area contributed by atoms with Gasteiger partial charge in [0.15, 0.2) is 0 Å². The molecule has 0 radical (unpaired) electrons. The van der Waals surface area contributed by atoms with Gasteiger partial charge in [0, 0.05) is 23.9 Å². The molecular weight excluding hydrogens is 637 g/mol. The van der Waals surface area contributed by atoms with Crippen molar-refractivity contribution >= 4 is 34.9 Å². The number of carbonyl (C=O) groups is 3. The number of ether oxygens (including phenoxy) is 1. The van der Waals surface area contributed by atoms with Gasteiger partial charge in [0.25, 0.3) is 0 Å². The highest BCUT2D eigenvalue weighted by atomic mass is 19.4. The van der Waals surface area contributed by atoms with Crippen LogP contribution >= 0.6 is 0 Å². The molecule has 5 rings (SSSR count). The zero-order valence-electron chi connectivity index (χ0n) is 25.2. The molecule has 0 aliphatic heterocycles. The maximum absolute atomic E-state index is 12.7. The normalized spacial score (nSPS) is 11.6. The van der Waals surface area contributed by atoms with Crippen molar-refractivity contribution in [2.75, 3.05) is 5.32 Å². The van der Waals surface area contributed by atoms with Crippen LogP contribution in [0.3, 0.4) is 0 Å². The number of amides is 1. The molecule has 0 saturated carbocycles. The molecule has 0 unspecified atom stereocenters. The topological polar surface area (TPSA) is 189 Å². The Morgan fingerprint density at radius 1 is 0.958 bits per heavy atom. The number of aromatic nitrogens is 4. The Labute approximate surface area is 270 Å². The number of carbonyl (C=O) groups excluding carboxylic acids is 1. The second-order valence-electron chi connectivity index (χ2n) is 10.3. The highest BCUT2D eigenvalue weighted by molar-refractivity contribution is 5.80. The highest BCUT2D eigenvalue weighted by Gasteiger charge is 2.38. The average molecular weight is 667 g/mol. The van der Waals surface area contributed by atoms with Crippen LogP contribution in [0.5, 0.6) is 0 Å². The van der Waals surface area contributed by atoms with Gasteiger partial charge < -0.3 is 30.6 Å². The van der Waals surface area contributed by atoms with Gasteiger partial charge in [0.05, 0.1) is 17.6 Å². The van der Waals surface area contributed by atoms with E-state index in [1.165, 1.54) is 6.20 Å². The van der Waals surface area contributed by atoms with Crippen molar-refractivity contribution in [2.45, 2.75) is 38.8 Å². The third-order valence-corrected chi connectivity index (χ3v) is 6.65. The number of aromatic amines is 1. The molecule has 1 atom stereocenters. The molecule has 0 aliphatic rings. The van der Waals surface area contributed by atoms with E-state index in [2.05, 4.69) is 25.6 Å². The molecule has 250 valence electrons. The summed E-state index contributed by atoms with van der Waals surface area (Å²) >= 11 is 0. The number of hydrogen-bond donors (Lipinski definition) is 5. The first-order chi connectivity index (χ1) is 22.8. The van der Waals surface area contributed by atoms with E-state index in [1.54, 1.807) is 31.2 Å². The van der Waals surface area contributed by atoms with Gasteiger partial charge in [0.1, 0.15) is 24.3 Å². The van der Waals surface area contributed by atoms with E-state index in [0.717, 1.165) is 38.1 Å². The molecule has 3 aromatic carbocycles. The number of imidazole rings is 1. The van der Waals surface area contributed by atoms with E-state index in [4.69, 9.17) is 14.6 Å². The molecule has 13 nitrogen and oxygen atoms in total. The Balaban J connectivity index is 0.000000671. The van der Waals surface area contributed by atoms with Crippen molar-refractivity contribution in [3.63, 3.8) is 0 Å². The summed E-state index contributed by atoms with van der Waals surface area (Å²) in [6.45, 7) is 1.83. The third kappa shape index (κ3) is 9.65. The predicted molar refractivity (Wildman–Crippen MR) is 167 cm³/mol. The van der Waals surface area contributed by atoms with Gasteiger partial charge in [-0.1, -0.05) is 60.7 Å². The second kappa shape index (κ2) is 15.4. The monoisotopic (exact) mass is 666 g/mol. The molecule has 0 saturated heterocycles. The molecule has 0 bridgehead atoms. The fourth-order valence-electron chi connectivity index (χ4n) is 4.30. The SMILES string of the molecule is Cc1cn(C[C@H](NC(=O)OCc2ccccc2)C(=O)O)c(=O)nc1NCc1cccc(-c2nc3ccccc3[nH]2)c1.O=C(O)C(F)(F)F. The summed E-state index contributed by atoms with van der Waals surface area (Å²) in [7, 11) is 0. The Kier molecular flexibility index (Phi) is 11.1. The molecule has 0 aliphatic carbocycles. The van der Waals surface area contributed by atoms with Gasteiger partial charge >= 0.3 is 29.9 Å². The van der Waals surface area contributed by atoms with Gasteiger partial charge in [-0.2, -0.15) is 18.2 Å². The molecule has 0 fully saturated rings. The quantitative estimate of drug-likeness (QED) is 0.140. The zero-order chi connectivity index (χ0) is 34.8. The minimum atomic E-state index is -5.08. The summed E-state index contributed by atoms with van der Waals surface area (Å²) in [6, 6.07) is 23.3. The first-order valence-corrected chi connectivity index (χ1v) is 14.2. The second-order valence-corrected chi connectivity index (χ2v) is 10.3. The molecule has 0 spiro atoms.